The third-order valence-electron chi connectivity index (χ3n) is 3.64. The normalized spacial score (nSPS) is 10.2. The van der Waals surface area contributed by atoms with Gasteiger partial charge in [0.05, 0.1) is 13.7 Å². The number of benzene rings is 2. The number of nitrogens with two attached hydrogens (primary N) is 1. The van der Waals surface area contributed by atoms with Crippen molar-refractivity contribution in [2.24, 2.45) is 0 Å². The van der Waals surface area contributed by atoms with Crippen molar-refractivity contribution in [2.45, 2.75) is 6.92 Å². The molecule has 4 N–H and O–H groups in total. The Balaban J connectivity index is 1.78. The van der Waals surface area contributed by atoms with Crippen molar-refractivity contribution in [1.29, 1.82) is 0 Å². The number of nitrogen functional groups attached to an aromatic ring is 1. The van der Waals surface area contributed by atoms with Gasteiger partial charge in [0.15, 0.2) is 11.6 Å². The summed E-state index contributed by atoms with van der Waals surface area (Å²) in [7, 11) is 1.62. The van der Waals surface area contributed by atoms with Crippen molar-refractivity contribution >= 4 is 28.7 Å². The summed E-state index contributed by atoms with van der Waals surface area (Å²) in [5.41, 5.74) is 8.32. The van der Waals surface area contributed by atoms with E-state index in [2.05, 4.69) is 20.6 Å². The Morgan fingerprint density at radius 1 is 0.923 bits per heavy atom. The monoisotopic (exact) mass is 351 g/mol. The molecule has 0 bridgehead atoms. The first-order valence-corrected chi connectivity index (χ1v) is 8.21. The van der Waals surface area contributed by atoms with Gasteiger partial charge in [-0.1, -0.05) is 6.07 Å². The van der Waals surface area contributed by atoms with Gasteiger partial charge in [0.1, 0.15) is 23.5 Å². The Morgan fingerprint density at radius 3 is 2.27 bits per heavy atom. The molecule has 0 atom stereocenters. The molecule has 0 saturated heterocycles. The Morgan fingerprint density at radius 2 is 1.62 bits per heavy atom. The highest BCUT2D eigenvalue weighted by molar-refractivity contribution is 5.80. The summed E-state index contributed by atoms with van der Waals surface area (Å²) in [6.07, 6.45) is 1.45. The van der Waals surface area contributed by atoms with Crippen LogP contribution in [0.1, 0.15) is 6.92 Å². The Hall–Kier alpha value is -3.48. The van der Waals surface area contributed by atoms with Crippen molar-refractivity contribution in [2.75, 3.05) is 30.1 Å². The van der Waals surface area contributed by atoms with E-state index in [0.29, 0.717) is 23.9 Å². The summed E-state index contributed by atoms with van der Waals surface area (Å²) < 4.78 is 10.7. The number of nitrogens with zero attached hydrogens (tertiary/aromatic N) is 2. The third-order valence-corrected chi connectivity index (χ3v) is 3.64. The summed E-state index contributed by atoms with van der Waals surface area (Å²) >= 11 is 0. The van der Waals surface area contributed by atoms with Crippen LogP contribution in [0.3, 0.4) is 0 Å². The Labute approximate surface area is 152 Å². The summed E-state index contributed by atoms with van der Waals surface area (Å²) in [4.78, 5) is 8.45. The third kappa shape index (κ3) is 4.13. The first kappa shape index (κ1) is 17.3. The molecule has 7 heteroatoms. The van der Waals surface area contributed by atoms with Gasteiger partial charge in [0.2, 0.25) is 0 Å². The zero-order valence-electron chi connectivity index (χ0n) is 14.7. The molecule has 0 fully saturated rings. The molecule has 0 aliphatic rings. The molecule has 0 aliphatic carbocycles. The number of aromatic nitrogens is 2. The maximum absolute atomic E-state index is 6.22. The highest BCUT2D eigenvalue weighted by Crippen LogP contribution is 2.29. The van der Waals surface area contributed by atoms with Crippen LogP contribution in [-0.2, 0) is 0 Å². The Kier molecular flexibility index (Phi) is 5.38. The van der Waals surface area contributed by atoms with E-state index in [1.807, 2.05) is 55.5 Å². The first-order valence-electron chi connectivity index (χ1n) is 8.21. The van der Waals surface area contributed by atoms with Crippen LogP contribution in [0.5, 0.6) is 11.5 Å². The van der Waals surface area contributed by atoms with Crippen LogP contribution in [0.25, 0.3) is 0 Å². The second-order valence-corrected chi connectivity index (χ2v) is 5.42. The number of ether oxygens (including phenoxy) is 2. The van der Waals surface area contributed by atoms with Crippen LogP contribution in [-0.4, -0.2) is 23.7 Å². The summed E-state index contributed by atoms with van der Waals surface area (Å²) in [6, 6.07) is 15.1. The van der Waals surface area contributed by atoms with Gasteiger partial charge in [-0.3, -0.25) is 0 Å². The molecule has 0 radical (unpaired) electrons. The maximum atomic E-state index is 6.22. The van der Waals surface area contributed by atoms with E-state index in [0.717, 1.165) is 22.9 Å². The van der Waals surface area contributed by atoms with E-state index < -0.39 is 0 Å². The smallest absolute Gasteiger partial charge is 0.159 e. The molecule has 2 aromatic carbocycles. The molecule has 1 aromatic heterocycles. The van der Waals surface area contributed by atoms with Gasteiger partial charge in [-0.15, -0.1) is 0 Å². The number of nitrogens with one attached hydrogen (secondary N) is 2. The van der Waals surface area contributed by atoms with Gasteiger partial charge in [-0.2, -0.15) is 0 Å². The fraction of sp³-hybridized carbons (Fsp3) is 0.158. The van der Waals surface area contributed by atoms with Gasteiger partial charge >= 0.3 is 0 Å². The van der Waals surface area contributed by atoms with Crippen molar-refractivity contribution in [3.05, 3.63) is 54.9 Å². The minimum Gasteiger partial charge on any atom is -0.497 e. The van der Waals surface area contributed by atoms with Crippen LogP contribution >= 0.6 is 0 Å². The lowest BCUT2D eigenvalue weighted by Gasteiger charge is -2.13. The highest BCUT2D eigenvalue weighted by atomic mass is 16.5. The summed E-state index contributed by atoms with van der Waals surface area (Å²) in [5, 5.41) is 6.38. The zero-order valence-corrected chi connectivity index (χ0v) is 14.7. The Bertz CT molecular complexity index is 868. The number of hydrogen-bond donors (Lipinski definition) is 3. The van der Waals surface area contributed by atoms with Gasteiger partial charge in [0, 0.05) is 17.4 Å². The van der Waals surface area contributed by atoms with Gasteiger partial charge < -0.3 is 25.8 Å². The standard InChI is InChI=1S/C19H21N5O2/c1-3-26-15-9-7-13(8-10-15)23-18-17(20)19(22-12-21-18)24-14-5-4-6-16(11-14)25-2/h4-12H,3,20H2,1-2H3,(H2,21,22,23,24). The second kappa shape index (κ2) is 8.06. The topological polar surface area (TPSA) is 94.3 Å². The largest absolute Gasteiger partial charge is 0.497 e. The van der Waals surface area contributed by atoms with E-state index in [9.17, 15) is 0 Å². The molecule has 134 valence electrons. The van der Waals surface area contributed by atoms with Gasteiger partial charge in [-0.25, -0.2) is 9.97 Å². The van der Waals surface area contributed by atoms with Crippen LogP contribution in [0.4, 0.5) is 28.7 Å². The summed E-state index contributed by atoms with van der Waals surface area (Å²) in [6.45, 7) is 2.58. The lowest BCUT2D eigenvalue weighted by atomic mass is 10.3. The fourth-order valence-electron chi connectivity index (χ4n) is 2.37. The predicted molar refractivity (Wildman–Crippen MR) is 104 cm³/mol. The molecule has 0 amide bonds. The highest BCUT2D eigenvalue weighted by Gasteiger charge is 2.09. The van der Waals surface area contributed by atoms with E-state index >= 15 is 0 Å². The first-order chi connectivity index (χ1) is 12.7. The van der Waals surface area contributed by atoms with E-state index in [4.69, 9.17) is 15.2 Å². The number of methoxy groups -OCH3 is 1. The number of anilines is 5. The average molecular weight is 351 g/mol. The SMILES string of the molecule is CCOc1ccc(Nc2ncnc(Nc3cccc(OC)c3)c2N)cc1. The maximum Gasteiger partial charge on any atom is 0.159 e. The second-order valence-electron chi connectivity index (χ2n) is 5.42. The summed E-state index contributed by atoms with van der Waals surface area (Å²) in [5.74, 6) is 2.60. The number of hydrogen-bond acceptors (Lipinski definition) is 7. The van der Waals surface area contributed by atoms with E-state index in [-0.39, 0.29) is 0 Å². The number of rotatable bonds is 7. The van der Waals surface area contributed by atoms with E-state index in [1.165, 1.54) is 6.33 Å². The van der Waals surface area contributed by atoms with E-state index in [1.54, 1.807) is 7.11 Å². The molecule has 0 unspecified atom stereocenters. The lowest BCUT2D eigenvalue weighted by molar-refractivity contribution is 0.340. The van der Waals surface area contributed by atoms with Crippen molar-refractivity contribution in [3.63, 3.8) is 0 Å². The van der Waals surface area contributed by atoms with Gasteiger partial charge in [0.25, 0.3) is 0 Å². The van der Waals surface area contributed by atoms with Crippen LogP contribution in [0.15, 0.2) is 54.9 Å². The minimum absolute atomic E-state index is 0.421. The molecule has 1 heterocycles. The average Bonchev–Trinajstić information content (AvgIpc) is 2.67. The fourth-order valence-corrected chi connectivity index (χ4v) is 2.37. The van der Waals surface area contributed by atoms with Gasteiger partial charge in [-0.05, 0) is 43.3 Å². The molecule has 0 spiro atoms. The van der Waals surface area contributed by atoms with Crippen LogP contribution < -0.4 is 25.8 Å². The minimum atomic E-state index is 0.421. The molecule has 0 saturated carbocycles. The molecule has 7 nitrogen and oxygen atoms in total. The van der Waals surface area contributed by atoms with Crippen LogP contribution in [0, 0.1) is 0 Å². The molecule has 26 heavy (non-hydrogen) atoms. The predicted octanol–water partition coefficient (Wildman–Crippen LogP) is 3.95. The van der Waals surface area contributed by atoms with Crippen molar-refractivity contribution in [3.8, 4) is 11.5 Å². The molecular weight excluding hydrogens is 330 g/mol. The molecule has 3 rings (SSSR count). The molecule has 0 aliphatic heterocycles. The van der Waals surface area contributed by atoms with Crippen molar-refractivity contribution < 1.29 is 9.47 Å². The molecular formula is C19H21N5O2. The quantitative estimate of drug-likeness (QED) is 0.593. The lowest BCUT2D eigenvalue weighted by Crippen LogP contribution is -2.05. The van der Waals surface area contributed by atoms with Crippen LogP contribution in [0.2, 0.25) is 0 Å². The molecule has 3 aromatic rings. The van der Waals surface area contributed by atoms with Crippen molar-refractivity contribution in [1.82, 2.24) is 9.97 Å². The zero-order chi connectivity index (χ0) is 18.4.